The molecule has 1 fully saturated rings. The lowest BCUT2D eigenvalue weighted by Crippen LogP contribution is -2.23. The molecule has 0 saturated heterocycles. The van der Waals surface area contributed by atoms with Crippen molar-refractivity contribution in [2.45, 2.75) is 12.8 Å². The monoisotopic (exact) mass is 341 g/mol. The number of hydrogen-bond acceptors (Lipinski definition) is 4. The third kappa shape index (κ3) is 4.11. The Morgan fingerprint density at radius 2 is 2.30 bits per heavy atom. The Kier molecular flexibility index (Phi) is 5.25. The van der Waals surface area contributed by atoms with Crippen LogP contribution in [0.15, 0.2) is 27.8 Å². The number of hydrogen-bond donors (Lipinski definition) is 2. The molecule has 0 spiro atoms. The first-order valence-corrected chi connectivity index (χ1v) is 7.47. The maximum atomic E-state index is 8.67. The fourth-order valence-electron chi connectivity index (χ4n) is 1.89. The zero-order valence-electron chi connectivity index (χ0n) is 11.6. The Bertz CT molecular complexity index is 489. The van der Waals surface area contributed by atoms with Gasteiger partial charge in [-0.1, -0.05) is 5.16 Å². The average Bonchev–Trinajstić information content (AvgIpc) is 3.26. The molecule has 0 radical (unpaired) electrons. The summed E-state index contributed by atoms with van der Waals surface area (Å²) in [4.78, 5) is 2.12. The fourth-order valence-corrected chi connectivity index (χ4v) is 2.57. The standard InChI is InChI=1S/C14H20BrN3O2/c1-18(6-7-20-9-10-2-3-10)13-5-4-11(8-12(13)15)14(16)17-19/h4-5,8,10,19H,2-3,6-7,9H2,1H3,(H2,16,17). The van der Waals surface area contributed by atoms with E-state index in [4.69, 9.17) is 15.7 Å². The smallest absolute Gasteiger partial charge is 0.170 e. The van der Waals surface area contributed by atoms with Gasteiger partial charge in [0.25, 0.3) is 0 Å². The summed E-state index contributed by atoms with van der Waals surface area (Å²) in [6.45, 7) is 2.44. The first kappa shape index (κ1) is 15.1. The van der Waals surface area contributed by atoms with E-state index < -0.39 is 0 Å². The van der Waals surface area contributed by atoms with E-state index in [0.717, 1.165) is 35.8 Å². The number of benzene rings is 1. The molecule has 6 heteroatoms. The molecule has 0 amide bonds. The highest BCUT2D eigenvalue weighted by Gasteiger charge is 2.21. The molecule has 1 aromatic rings. The summed E-state index contributed by atoms with van der Waals surface area (Å²) in [7, 11) is 2.02. The van der Waals surface area contributed by atoms with Crippen LogP contribution in [0.1, 0.15) is 18.4 Å². The molecule has 1 saturated carbocycles. The summed E-state index contributed by atoms with van der Waals surface area (Å²) < 4.78 is 6.55. The SMILES string of the molecule is CN(CCOCC1CC1)c1ccc(/C(N)=N/O)cc1Br. The maximum Gasteiger partial charge on any atom is 0.170 e. The van der Waals surface area contributed by atoms with Crippen LogP contribution in [0.3, 0.4) is 0 Å². The number of oxime groups is 1. The van der Waals surface area contributed by atoms with Gasteiger partial charge in [0.1, 0.15) is 0 Å². The minimum atomic E-state index is 0.104. The number of rotatable bonds is 7. The van der Waals surface area contributed by atoms with E-state index in [9.17, 15) is 0 Å². The van der Waals surface area contributed by atoms with Crippen molar-refractivity contribution < 1.29 is 9.94 Å². The Hall–Kier alpha value is -1.27. The molecule has 1 aliphatic carbocycles. The Morgan fingerprint density at radius 1 is 1.55 bits per heavy atom. The molecule has 20 heavy (non-hydrogen) atoms. The van der Waals surface area contributed by atoms with Gasteiger partial charge >= 0.3 is 0 Å². The quantitative estimate of drug-likeness (QED) is 0.262. The van der Waals surface area contributed by atoms with Crippen LogP contribution in [0.4, 0.5) is 5.69 Å². The highest BCUT2D eigenvalue weighted by molar-refractivity contribution is 9.10. The topological polar surface area (TPSA) is 71.1 Å². The number of nitrogens with two attached hydrogens (primary N) is 1. The lowest BCUT2D eigenvalue weighted by molar-refractivity contribution is 0.131. The number of halogens is 1. The summed E-state index contributed by atoms with van der Waals surface area (Å²) in [5, 5.41) is 11.7. The normalized spacial score (nSPS) is 15.4. The van der Waals surface area contributed by atoms with Crippen molar-refractivity contribution in [3.8, 4) is 0 Å². The second kappa shape index (κ2) is 6.95. The van der Waals surface area contributed by atoms with E-state index in [1.165, 1.54) is 12.8 Å². The van der Waals surface area contributed by atoms with Crippen molar-refractivity contribution in [1.29, 1.82) is 0 Å². The summed E-state index contributed by atoms with van der Waals surface area (Å²) in [5.74, 6) is 0.903. The molecule has 2 rings (SSSR count). The van der Waals surface area contributed by atoms with Gasteiger partial charge in [0, 0.05) is 30.2 Å². The van der Waals surface area contributed by atoms with E-state index in [2.05, 4.69) is 26.0 Å². The van der Waals surface area contributed by atoms with Gasteiger partial charge < -0.3 is 20.6 Å². The van der Waals surface area contributed by atoms with Gasteiger partial charge in [-0.3, -0.25) is 0 Å². The molecule has 0 atom stereocenters. The molecule has 0 unspecified atom stereocenters. The highest BCUT2D eigenvalue weighted by Crippen LogP contribution is 2.29. The molecule has 0 heterocycles. The second-order valence-electron chi connectivity index (χ2n) is 5.09. The molecular formula is C14H20BrN3O2. The summed E-state index contributed by atoms with van der Waals surface area (Å²) in [6.07, 6.45) is 2.63. The van der Waals surface area contributed by atoms with Crippen LogP contribution in [0.5, 0.6) is 0 Å². The van der Waals surface area contributed by atoms with Crippen LogP contribution in [-0.4, -0.2) is 37.8 Å². The first-order valence-electron chi connectivity index (χ1n) is 6.68. The number of ether oxygens (including phenoxy) is 1. The number of anilines is 1. The van der Waals surface area contributed by atoms with E-state index >= 15 is 0 Å². The van der Waals surface area contributed by atoms with Crippen molar-refractivity contribution in [3.63, 3.8) is 0 Å². The molecule has 5 nitrogen and oxygen atoms in total. The van der Waals surface area contributed by atoms with Crippen LogP contribution >= 0.6 is 15.9 Å². The number of amidine groups is 1. The average molecular weight is 342 g/mol. The highest BCUT2D eigenvalue weighted by atomic mass is 79.9. The zero-order chi connectivity index (χ0) is 14.5. The molecule has 1 aromatic carbocycles. The summed E-state index contributed by atoms with van der Waals surface area (Å²) >= 11 is 3.51. The largest absolute Gasteiger partial charge is 0.409 e. The van der Waals surface area contributed by atoms with E-state index in [-0.39, 0.29) is 5.84 Å². The van der Waals surface area contributed by atoms with Crippen molar-refractivity contribution >= 4 is 27.5 Å². The Morgan fingerprint density at radius 3 is 2.90 bits per heavy atom. The molecular weight excluding hydrogens is 322 g/mol. The van der Waals surface area contributed by atoms with Gasteiger partial charge in [-0.05, 0) is 52.9 Å². The first-order chi connectivity index (χ1) is 9.61. The van der Waals surface area contributed by atoms with Gasteiger partial charge in [0.15, 0.2) is 5.84 Å². The van der Waals surface area contributed by atoms with E-state index in [0.29, 0.717) is 5.56 Å². The predicted octanol–water partition coefficient (Wildman–Crippen LogP) is 2.41. The van der Waals surface area contributed by atoms with E-state index in [1.807, 2.05) is 25.2 Å². The van der Waals surface area contributed by atoms with Gasteiger partial charge in [0.2, 0.25) is 0 Å². The third-order valence-electron chi connectivity index (χ3n) is 3.38. The summed E-state index contributed by atoms with van der Waals surface area (Å²) in [6, 6.07) is 5.61. The van der Waals surface area contributed by atoms with Crippen LogP contribution in [0.25, 0.3) is 0 Å². The van der Waals surface area contributed by atoms with Crippen LogP contribution < -0.4 is 10.6 Å². The van der Waals surface area contributed by atoms with Gasteiger partial charge in [-0.2, -0.15) is 0 Å². The van der Waals surface area contributed by atoms with Crippen LogP contribution in [-0.2, 0) is 4.74 Å². The number of nitrogens with zero attached hydrogens (tertiary/aromatic N) is 2. The van der Waals surface area contributed by atoms with Crippen LogP contribution in [0.2, 0.25) is 0 Å². The predicted molar refractivity (Wildman–Crippen MR) is 83.5 cm³/mol. The maximum absolute atomic E-state index is 8.67. The zero-order valence-corrected chi connectivity index (χ0v) is 13.1. The van der Waals surface area contributed by atoms with Crippen molar-refractivity contribution in [2.24, 2.45) is 16.8 Å². The minimum absolute atomic E-state index is 0.104. The molecule has 0 aromatic heterocycles. The lowest BCUT2D eigenvalue weighted by Gasteiger charge is -2.21. The molecule has 0 bridgehead atoms. The molecule has 3 N–H and O–H groups in total. The summed E-state index contributed by atoms with van der Waals surface area (Å²) in [5.41, 5.74) is 7.30. The number of likely N-dealkylation sites (N-methyl/N-ethyl adjacent to an activating group) is 1. The Balaban J connectivity index is 1.89. The lowest BCUT2D eigenvalue weighted by atomic mass is 10.2. The van der Waals surface area contributed by atoms with Gasteiger partial charge in [-0.25, -0.2) is 0 Å². The Labute approximate surface area is 127 Å². The van der Waals surface area contributed by atoms with Crippen molar-refractivity contribution in [2.75, 3.05) is 31.7 Å². The fraction of sp³-hybridized carbons (Fsp3) is 0.500. The van der Waals surface area contributed by atoms with Crippen molar-refractivity contribution in [1.82, 2.24) is 0 Å². The second-order valence-corrected chi connectivity index (χ2v) is 5.95. The molecule has 0 aliphatic heterocycles. The van der Waals surface area contributed by atoms with Crippen molar-refractivity contribution in [3.05, 3.63) is 28.2 Å². The van der Waals surface area contributed by atoms with Crippen LogP contribution in [0, 0.1) is 5.92 Å². The van der Waals surface area contributed by atoms with E-state index in [1.54, 1.807) is 0 Å². The van der Waals surface area contributed by atoms with Gasteiger partial charge in [0.05, 0.1) is 12.3 Å². The third-order valence-corrected chi connectivity index (χ3v) is 4.02. The molecule has 1 aliphatic rings. The van der Waals surface area contributed by atoms with Gasteiger partial charge in [-0.15, -0.1) is 0 Å². The molecule has 110 valence electrons. The minimum Gasteiger partial charge on any atom is -0.409 e.